The Morgan fingerprint density at radius 3 is 2.79 bits per heavy atom. The van der Waals surface area contributed by atoms with Gasteiger partial charge in [0.15, 0.2) is 0 Å². The molecule has 1 aromatic rings. The number of hydrogen-bond donors (Lipinski definition) is 1. The van der Waals surface area contributed by atoms with Crippen molar-refractivity contribution < 1.29 is 14.4 Å². The van der Waals surface area contributed by atoms with Crippen LogP contribution in [0.1, 0.15) is 10.8 Å². The number of nitrogens with one attached hydrogen (secondary N) is 1. The van der Waals surface area contributed by atoms with E-state index in [2.05, 4.69) is 5.32 Å². The highest BCUT2D eigenvalue weighted by molar-refractivity contribution is 7.99. The van der Waals surface area contributed by atoms with Gasteiger partial charge in [-0.3, -0.25) is 10.1 Å². The quantitative estimate of drug-likeness (QED) is 0.674. The molecule has 6 nitrogen and oxygen atoms in total. The summed E-state index contributed by atoms with van der Waals surface area (Å²) in [7, 11) is 3.16. The summed E-state index contributed by atoms with van der Waals surface area (Å²) in [6, 6.07) is 5.30. The number of rotatable bonds is 4. The van der Waals surface area contributed by atoms with E-state index in [1.807, 2.05) is 6.26 Å². The van der Waals surface area contributed by atoms with Gasteiger partial charge < -0.3 is 14.8 Å². The normalized spacial score (nSPS) is 17.5. The Morgan fingerprint density at radius 2 is 2.26 bits per heavy atom. The molecule has 0 bridgehead atoms. The van der Waals surface area contributed by atoms with Crippen molar-refractivity contribution in [3.63, 3.8) is 0 Å². The van der Waals surface area contributed by atoms with Crippen molar-refractivity contribution in [3.8, 4) is 11.5 Å². The minimum atomic E-state index is -0.403. The van der Waals surface area contributed by atoms with E-state index in [0.717, 1.165) is 5.56 Å². The molecule has 0 radical (unpaired) electrons. The number of nitrogens with zero attached hydrogens (tertiary/aromatic N) is 1. The van der Waals surface area contributed by atoms with E-state index in [1.54, 1.807) is 32.4 Å². The van der Waals surface area contributed by atoms with Gasteiger partial charge in [0.05, 0.1) is 12.0 Å². The van der Waals surface area contributed by atoms with Crippen LogP contribution >= 0.6 is 11.8 Å². The highest BCUT2D eigenvalue weighted by Crippen LogP contribution is 2.45. The van der Waals surface area contributed by atoms with Crippen LogP contribution in [-0.2, 0) is 0 Å². The molecule has 1 N–H and O–H groups in total. The first kappa shape index (κ1) is 13.5. The van der Waals surface area contributed by atoms with Crippen molar-refractivity contribution in [2.24, 2.45) is 0 Å². The predicted molar refractivity (Wildman–Crippen MR) is 73.0 cm³/mol. The highest BCUT2D eigenvalue weighted by Gasteiger charge is 2.38. The number of hydrogen-bond acceptors (Lipinski definition) is 6. The Morgan fingerprint density at radius 1 is 1.53 bits per heavy atom. The lowest BCUT2D eigenvalue weighted by molar-refractivity contribution is -0.431. The first-order valence-electron chi connectivity index (χ1n) is 5.57. The maximum Gasteiger partial charge on any atom is 0.322 e. The van der Waals surface area contributed by atoms with Crippen molar-refractivity contribution in [1.29, 1.82) is 0 Å². The summed E-state index contributed by atoms with van der Waals surface area (Å²) in [5.41, 5.74) is 0.812. The number of methoxy groups -OCH3 is 1. The molecule has 0 fully saturated rings. The monoisotopic (exact) mass is 282 g/mol. The highest BCUT2D eigenvalue weighted by atomic mass is 32.2. The molecular formula is C12H14N2O4S. The van der Waals surface area contributed by atoms with E-state index in [9.17, 15) is 10.1 Å². The third-order valence-electron chi connectivity index (χ3n) is 2.86. The SMILES string of the molecule is CNC1=C([N+](=O)[O-])C(SC)c2ccc(OC)cc2O1. The Hall–Kier alpha value is -1.89. The zero-order chi connectivity index (χ0) is 14.0. The van der Waals surface area contributed by atoms with Crippen LogP contribution in [0.25, 0.3) is 0 Å². The predicted octanol–water partition coefficient (Wildman–Crippen LogP) is 2.16. The molecule has 0 aromatic heterocycles. The second kappa shape index (κ2) is 5.40. The number of ether oxygens (including phenoxy) is 2. The van der Waals surface area contributed by atoms with Crippen molar-refractivity contribution in [3.05, 3.63) is 45.5 Å². The topological polar surface area (TPSA) is 73.6 Å². The third-order valence-corrected chi connectivity index (χ3v) is 3.80. The molecule has 1 atom stereocenters. The fraction of sp³-hybridized carbons (Fsp3) is 0.333. The molecule has 0 spiro atoms. The average Bonchev–Trinajstić information content (AvgIpc) is 2.43. The Balaban J connectivity index is 2.55. The summed E-state index contributed by atoms with van der Waals surface area (Å²) >= 11 is 1.40. The fourth-order valence-electron chi connectivity index (χ4n) is 1.97. The minimum absolute atomic E-state index is 0.0349. The van der Waals surface area contributed by atoms with Gasteiger partial charge in [-0.1, -0.05) is 0 Å². The summed E-state index contributed by atoms with van der Waals surface area (Å²) in [6.07, 6.45) is 1.83. The average molecular weight is 282 g/mol. The van der Waals surface area contributed by atoms with Crippen LogP contribution in [0.15, 0.2) is 29.8 Å². The molecule has 2 rings (SSSR count). The molecule has 1 unspecified atom stereocenters. The zero-order valence-corrected chi connectivity index (χ0v) is 11.6. The van der Waals surface area contributed by atoms with Crippen LogP contribution < -0.4 is 14.8 Å². The van der Waals surface area contributed by atoms with E-state index in [0.29, 0.717) is 11.5 Å². The second-order valence-electron chi connectivity index (χ2n) is 3.84. The van der Waals surface area contributed by atoms with Crippen LogP contribution in [0, 0.1) is 10.1 Å². The van der Waals surface area contributed by atoms with Gasteiger partial charge >= 0.3 is 5.70 Å². The van der Waals surface area contributed by atoms with Gasteiger partial charge in [0.1, 0.15) is 16.7 Å². The lowest BCUT2D eigenvalue weighted by Gasteiger charge is -2.24. The molecular weight excluding hydrogens is 268 g/mol. The summed E-state index contributed by atoms with van der Waals surface area (Å²) in [5, 5.41) is 13.6. The van der Waals surface area contributed by atoms with Crippen LogP contribution in [-0.4, -0.2) is 25.3 Å². The van der Waals surface area contributed by atoms with Crippen molar-refractivity contribution in [2.75, 3.05) is 20.4 Å². The Labute approximate surface area is 114 Å². The molecule has 1 heterocycles. The first-order chi connectivity index (χ1) is 9.12. The van der Waals surface area contributed by atoms with Crippen LogP contribution in [0.2, 0.25) is 0 Å². The van der Waals surface area contributed by atoms with Gasteiger partial charge in [-0.15, -0.1) is 11.8 Å². The van der Waals surface area contributed by atoms with Crippen molar-refractivity contribution >= 4 is 11.8 Å². The molecule has 0 saturated carbocycles. The van der Waals surface area contributed by atoms with E-state index in [4.69, 9.17) is 9.47 Å². The molecule has 1 aliphatic heterocycles. The van der Waals surface area contributed by atoms with Crippen molar-refractivity contribution in [1.82, 2.24) is 5.32 Å². The second-order valence-corrected chi connectivity index (χ2v) is 4.79. The molecule has 0 aliphatic carbocycles. The first-order valence-corrected chi connectivity index (χ1v) is 6.86. The number of thioether (sulfide) groups is 1. The maximum atomic E-state index is 11.2. The number of nitro groups is 1. The van der Waals surface area contributed by atoms with Gasteiger partial charge in [0.25, 0.3) is 5.88 Å². The molecule has 1 aromatic carbocycles. The Bertz CT molecular complexity index is 545. The number of benzene rings is 1. The molecule has 0 amide bonds. The van der Waals surface area contributed by atoms with Gasteiger partial charge in [-0.25, -0.2) is 0 Å². The minimum Gasteiger partial charge on any atom is -0.497 e. The largest absolute Gasteiger partial charge is 0.497 e. The molecule has 7 heteroatoms. The van der Waals surface area contributed by atoms with Crippen LogP contribution in [0.5, 0.6) is 11.5 Å². The summed E-state index contributed by atoms with van der Waals surface area (Å²) < 4.78 is 10.7. The molecule has 1 aliphatic rings. The van der Waals surface area contributed by atoms with Gasteiger partial charge in [0.2, 0.25) is 0 Å². The van der Waals surface area contributed by atoms with E-state index in [1.165, 1.54) is 11.8 Å². The standard InChI is InChI=1S/C12H14N2O4S/c1-13-12-10(14(15)16)11(19-3)8-5-4-7(17-2)6-9(8)18-12/h4-6,11,13H,1-3H3. The smallest absolute Gasteiger partial charge is 0.322 e. The lowest BCUT2D eigenvalue weighted by atomic mass is 10.1. The maximum absolute atomic E-state index is 11.2. The van der Waals surface area contributed by atoms with Crippen molar-refractivity contribution in [2.45, 2.75) is 5.25 Å². The molecule has 0 saturated heterocycles. The third kappa shape index (κ3) is 2.33. The van der Waals surface area contributed by atoms with Crippen LogP contribution in [0.4, 0.5) is 0 Å². The van der Waals surface area contributed by atoms with Gasteiger partial charge in [-0.2, -0.15) is 0 Å². The van der Waals surface area contributed by atoms with E-state index in [-0.39, 0.29) is 16.8 Å². The van der Waals surface area contributed by atoms with Crippen LogP contribution in [0.3, 0.4) is 0 Å². The summed E-state index contributed by atoms with van der Waals surface area (Å²) in [4.78, 5) is 10.8. The fourth-order valence-corrected chi connectivity index (χ4v) is 2.84. The molecule has 19 heavy (non-hydrogen) atoms. The zero-order valence-electron chi connectivity index (χ0n) is 10.8. The lowest BCUT2D eigenvalue weighted by Crippen LogP contribution is -2.26. The summed E-state index contributed by atoms with van der Waals surface area (Å²) in [5.74, 6) is 1.40. The number of fused-ring (bicyclic) bond motifs is 1. The van der Waals surface area contributed by atoms with Gasteiger partial charge in [0, 0.05) is 18.7 Å². The molecule has 102 valence electrons. The van der Waals surface area contributed by atoms with E-state index >= 15 is 0 Å². The Kier molecular flexibility index (Phi) is 3.84. The van der Waals surface area contributed by atoms with E-state index < -0.39 is 4.92 Å². The van der Waals surface area contributed by atoms with Gasteiger partial charge in [-0.05, 0) is 18.4 Å². The summed E-state index contributed by atoms with van der Waals surface area (Å²) in [6.45, 7) is 0.